The fraction of sp³-hybridized carbons (Fsp3) is 0.550. The minimum absolute atomic E-state index is 0. The van der Waals surface area contributed by atoms with Crippen molar-refractivity contribution >= 4 is 18.3 Å². The summed E-state index contributed by atoms with van der Waals surface area (Å²) in [6, 6.07) is 10.5. The largest absolute Gasteiger partial charge is 0.388 e. The summed E-state index contributed by atoms with van der Waals surface area (Å²) in [5, 5.41) is 21.1. The molecule has 0 saturated carbocycles. The standard InChI is InChI=1S/C20H27N5O2.ClH/c1-24-18(13-26)22-23-19(24)15-9-11-25(12-10-15)20(27)17-8-7-16(21-17)14-5-3-2-4-6-14;/h2-6,15-17,21,26H,7-13H2,1H3;1H/t16-,17-;/m1./s1. The first kappa shape index (κ1) is 20.8. The lowest BCUT2D eigenvalue weighted by Crippen LogP contribution is -2.47. The van der Waals surface area contributed by atoms with E-state index in [2.05, 4.69) is 27.6 Å². The third-order valence-electron chi connectivity index (χ3n) is 5.96. The molecular formula is C20H28ClN5O2. The average Bonchev–Trinajstić information content (AvgIpc) is 3.35. The Morgan fingerprint density at radius 3 is 2.50 bits per heavy atom. The highest BCUT2D eigenvalue weighted by atomic mass is 35.5. The maximum atomic E-state index is 12.9. The molecule has 2 aliphatic rings. The Morgan fingerprint density at radius 2 is 1.86 bits per heavy atom. The minimum Gasteiger partial charge on any atom is -0.388 e. The van der Waals surface area contributed by atoms with Crippen LogP contribution >= 0.6 is 12.4 Å². The van der Waals surface area contributed by atoms with Gasteiger partial charge in [-0.05, 0) is 31.2 Å². The number of aromatic nitrogens is 3. The van der Waals surface area contributed by atoms with E-state index in [1.807, 2.05) is 34.7 Å². The molecule has 1 aromatic carbocycles. The number of amides is 1. The second-order valence-electron chi connectivity index (χ2n) is 7.55. The number of benzene rings is 1. The molecule has 2 atom stereocenters. The zero-order valence-electron chi connectivity index (χ0n) is 16.1. The summed E-state index contributed by atoms with van der Waals surface area (Å²) in [6.45, 7) is 1.40. The molecular weight excluding hydrogens is 378 g/mol. The molecule has 0 radical (unpaired) electrons. The second kappa shape index (κ2) is 9.03. The first-order valence-electron chi connectivity index (χ1n) is 9.76. The van der Waals surface area contributed by atoms with Crippen molar-refractivity contribution in [3.05, 3.63) is 47.5 Å². The highest BCUT2D eigenvalue weighted by Crippen LogP contribution is 2.30. The molecule has 0 aliphatic carbocycles. The zero-order chi connectivity index (χ0) is 18.8. The molecule has 2 saturated heterocycles. The highest BCUT2D eigenvalue weighted by molar-refractivity contribution is 5.85. The zero-order valence-corrected chi connectivity index (χ0v) is 16.9. The van der Waals surface area contributed by atoms with E-state index in [1.54, 1.807) is 0 Å². The number of nitrogens with zero attached hydrogens (tertiary/aromatic N) is 4. The number of hydrogen-bond acceptors (Lipinski definition) is 5. The third-order valence-corrected chi connectivity index (χ3v) is 5.96. The Balaban J connectivity index is 0.00000225. The Kier molecular flexibility index (Phi) is 6.69. The molecule has 2 aromatic rings. The number of hydrogen-bond donors (Lipinski definition) is 2. The summed E-state index contributed by atoms with van der Waals surface area (Å²) in [6.07, 6.45) is 3.66. The molecule has 2 aliphatic heterocycles. The Bertz CT molecular complexity index is 789. The number of rotatable bonds is 4. The molecule has 8 heteroatoms. The van der Waals surface area contributed by atoms with Gasteiger partial charge in [0.2, 0.25) is 5.91 Å². The summed E-state index contributed by atoms with van der Waals surface area (Å²) < 4.78 is 1.88. The fourth-order valence-electron chi connectivity index (χ4n) is 4.33. The lowest BCUT2D eigenvalue weighted by molar-refractivity contribution is -0.134. The molecule has 28 heavy (non-hydrogen) atoms. The SMILES string of the molecule is Cl.Cn1c(CO)nnc1C1CCN(C(=O)[C@H]2CC[C@H](c3ccccc3)N2)CC1. The van der Waals surface area contributed by atoms with E-state index < -0.39 is 0 Å². The molecule has 0 bridgehead atoms. The first-order valence-corrected chi connectivity index (χ1v) is 9.76. The number of aliphatic hydroxyl groups excluding tert-OH is 1. The molecule has 0 spiro atoms. The number of carbonyl (C=O) groups is 1. The van der Waals surface area contributed by atoms with Crippen molar-refractivity contribution in [3.63, 3.8) is 0 Å². The average molecular weight is 406 g/mol. The number of piperidine rings is 1. The van der Waals surface area contributed by atoms with Crippen LogP contribution in [-0.2, 0) is 18.4 Å². The van der Waals surface area contributed by atoms with Gasteiger partial charge in [0.25, 0.3) is 0 Å². The van der Waals surface area contributed by atoms with Gasteiger partial charge in [0.15, 0.2) is 5.82 Å². The van der Waals surface area contributed by atoms with Crippen LogP contribution in [-0.4, -0.2) is 49.8 Å². The van der Waals surface area contributed by atoms with Crippen LogP contribution in [0.2, 0.25) is 0 Å². The fourth-order valence-corrected chi connectivity index (χ4v) is 4.33. The molecule has 7 nitrogen and oxygen atoms in total. The molecule has 2 N–H and O–H groups in total. The lowest BCUT2D eigenvalue weighted by atomic mass is 9.95. The van der Waals surface area contributed by atoms with Gasteiger partial charge < -0.3 is 14.6 Å². The van der Waals surface area contributed by atoms with E-state index >= 15 is 0 Å². The van der Waals surface area contributed by atoms with Crippen LogP contribution in [0, 0.1) is 0 Å². The summed E-state index contributed by atoms with van der Waals surface area (Å²) in [4.78, 5) is 14.9. The Hall–Kier alpha value is -1.96. The highest BCUT2D eigenvalue weighted by Gasteiger charge is 2.35. The van der Waals surface area contributed by atoms with Crippen LogP contribution in [0.15, 0.2) is 30.3 Å². The first-order chi connectivity index (χ1) is 13.2. The number of halogens is 1. The van der Waals surface area contributed by atoms with Crippen LogP contribution in [0.5, 0.6) is 0 Å². The van der Waals surface area contributed by atoms with Crippen molar-refractivity contribution in [1.82, 2.24) is 25.0 Å². The smallest absolute Gasteiger partial charge is 0.239 e. The van der Waals surface area contributed by atoms with E-state index in [9.17, 15) is 9.90 Å². The van der Waals surface area contributed by atoms with Gasteiger partial charge in [0.1, 0.15) is 12.4 Å². The minimum atomic E-state index is -0.100. The molecule has 152 valence electrons. The van der Waals surface area contributed by atoms with Gasteiger partial charge in [-0.1, -0.05) is 30.3 Å². The number of likely N-dealkylation sites (tertiary alicyclic amines) is 1. The number of aliphatic hydroxyl groups is 1. The van der Waals surface area contributed by atoms with Crippen LogP contribution in [0.3, 0.4) is 0 Å². The number of carbonyl (C=O) groups excluding carboxylic acids is 1. The second-order valence-corrected chi connectivity index (χ2v) is 7.55. The van der Waals surface area contributed by atoms with Crippen molar-refractivity contribution in [2.75, 3.05) is 13.1 Å². The molecule has 4 rings (SSSR count). The van der Waals surface area contributed by atoms with Crippen molar-refractivity contribution in [1.29, 1.82) is 0 Å². The van der Waals surface area contributed by atoms with Crippen LogP contribution in [0.25, 0.3) is 0 Å². The maximum Gasteiger partial charge on any atom is 0.239 e. The van der Waals surface area contributed by atoms with E-state index in [0.29, 0.717) is 11.7 Å². The predicted octanol–water partition coefficient (Wildman–Crippen LogP) is 1.93. The third kappa shape index (κ3) is 4.06. The maximum absolute atomic E-state index is 12.9. The lowest BCUT2D eigenvalue weighted by Gasteiger charge is -2.33. The summed E-state index contributed by atoms with van der Waals surface area (Å²) in [5.41, 5.74) is 1.26. The van der Waals surface area contributed by atoms with Gasteiger partial charge >= 0.3 is 0 Å². The normalized spacial score (nSPS) is 22.9. The van der Waals surface area contributed by atoms with Crippen LogP contribution in [0.4, 0.5) is 0 Å². The van der Waals surface area contributed by atoms with Crippen molar-refractivity contribution in [2.45, 2.75) is 50.3 Å². The van der Waals surface area contributed by atoms with E-state index in [4.69, 9.17) is 0 Å². The molecule has 1 amide bonds. The van der Waals surface area contributed by atoms with Crippen molar-refractivity contribution in [3.8, 4) is 0 Å². The van der Waals surface area contributed by atoms with Gasteiger partial charge in [0.05, 0.1) is 6.04 Å². The van der Waals surface area contributed by atoms with Gasteiger partial charge in [-0.3, -0.25) is 10.1 Å². The Labute approximate surface area is 171 Å². The predicted molar refractivity (Wildman–Crippen MR) is 108 cm³/mol. The van der Waals surface area contributed by atoms with Crippen molar-refractivity contribution in [2.24, 2.45) is 7.05 Å². The van der Waals surface area contributed by atoms with E-state index in [1.165, 1.54) is 5.56 Å². The van der Waals surface area contributed by atoms with Crippen molar-refractivity contribution < 1.29 is 9.90 Å². The molecule has 3 heterocycles. The topological polar surface area (TPSA) is 83.3 Å². The van der Waals surface area contributed by atoms with Gasteiger partial charge in [0, 0.05) is 32.1 Å². The molecule has 1 aromatic heterocycles. The van der Waals surface area contributed by atoms with E-state index in [0.717, 1.165) is 44.6 Å². The van der Waals surface area contributed by atoms with Gasteiger partial charge in [-0.2, -0.15) is 0 Å². The molecule has 2 fully saturated rings. The number of nitrogens with one attached hydrogen (secondary N) is 1. The quantitative estimate of drug-likeness (QED) is 0.812. The summed E-state index contributed by atoms with van der Waals surface area (Å²) >= 11 is 0. The van der Waals surface area contributed by atoms with Gasteiger partial charge in [-0.15, -0.1) is 22.6 Å². The molecule has 0 unspecified atom stereocenters. The van der Waals surface area contributed by atoms with Crippen LogP contribution < -0.4 is 5.32 Å². The van der Waals surface area contributed by atoms with E-state index in [-0.39, 0.29) is 37.0 Å². The monoisotopic (exact) mass is 405 g/mol. The van der Waals surface area contributed by atoms with Crippen LogP contribution in [0.1, 0.15) is 54.9 Å². The Morgan fingerprint density at radius 1 is 1.14 bits per heavy atom. The summed E-state index contributed by atoms with van der Waals surface area (Å²) in [5.74, 6) is 2.02. The van der Waals surface area contributed by atoms with Gasteiger partial charge in [-0.25, -0.2) is 0 Å². The summed E-state index contributed by atoms with van der Waals surface area (Å²) in [7, 11) is 1.89.